The maximum absolute atomic E-state index is 6.00. The first kappa shape index (κ1) is 11.7. The SMILES string of the molecule is CCNC1CCN(c2cccc(Cl)c2)CC1. The summed E-state index contributed by atoms with van der Waals surface area (Å²) in [6.45, 7) is 5.49. The van der Waals surface area contributed by atoms with Crippen LogP contribution in [0.25, 0.3) is 0 Å². The van der Waals surface area contributed by atoms with E-state index in [-0.39, 0.29) is 0 Å². The van der Waals surface area contributed by atoms with Gasteiger partial charge >= 0.3 is 0 Å². The second-order valence-corrected chi connectivity index (χ2v) is 4.74. The van der Waals surface area contributed by atoms with Crippen molar-refractivity contribution in [3.63, 3.8) is 0 Å². The highest BCUT2D eigenvalue weighted by Crippen LogP contribution is 2.22. The van der Waals surface area contributed by atoms with Gasteiger partial charge in [0.25, 0.3) is 0 Å². The van der Waals surface area contributed by atoms with E-state index in [0.717, 1.165) is 24.7 Å². The van der Waals surface area contributed by atoms with Crippen molar-refractivity contribution < 1.29 is 0 Å². The number of rotatable bonds is 3. The first-order valence-electron chi connectivity index (χ1n) is 6.03. The Hall–Kier alpha value is -0.730. The van der Waals surface area contributed by atoms with Crippen LogP contribution in [-0.4, -0.2) is 25.7 Å². The third-order valence-corrected chi connectivity index (χ3v) is 3.40. The van der Waals surface area contributed by atoms with Gasteiger partial charge in [0.2, 0.25) is 0 Å². The van der Waals surface area contributed by atoms with Crippen LogP contribution in [0.4, 0.5) is 5.69 Å². The number of anilines is 1. The average Bonchev–Trinajstić information content (AvgIpc) is 2.30. The number of piperidine rings is 1. The lowest BCUT2D eigenvalue weighted by Crippen LogP contribution is -2.42. The van der Waals surface area contributed by atoms with Crippen molar-refractivity contribution >= 4 is 17.3 Å². The zero-order valence-corrected chi connectivity index (χ0v) is 10.5. The summed E-state index contributed by atoms with van der Waals surface area (Å²) in [6, 6.07) is 8.83. The minimum Gasteiger partial charge on any atom is -0.371 e. The first-order valence-corrected chi connectivity index (χ1v) is 6.41. The normalized spacial score (nSPS) is 17.8. The minimum atomic E-state index is 0.695. The monoisotopic (exact) mass is 238 g/mol. The predicted molar refractivity (Wildman–Crippen MR) is 70.4 cm³/mol. The summed E-state index contributed by atoms with van der Waals surface area (Å²) in [6.07, 6.45) is 2.45. The van der Waals surface area contributed by atoms with Gasteiger partial charge in [0.15, 0.2) is 0 Å². The standard InChI is InChI=1S/C13H19ClN2/c1-2-15-12-6-8-16(9-7-12)13-5-3-4-11(14)10-13/h3-5,10,12,15H,2,6-9H2,1H3. The van der Waals surface area contributed by atoms with Gasteiger partial charge in [0.05, 0.1) is 0 Å². The van der Waals surface area contributed by atoms with Gasteiger partial charge < -0.3 is 10.2 Å². The molecule has 0 saturated carbocycles. The van der Waals surface area contributed by atoms with Crippen molar-refractivity contribution in [3.05, 3.63) is 29.3 Å². The van der Waals surface area contributed by atoms with Crippen molar-refractivity contribution in [3.8, 4) is 0 Å². The highest BCUT2D eigenvalue weighted by atomic mass is 35.5. The molecule has 0 bridgehead atoms. The van der Waals surface area contributed by atoms with Gasteiger partial charge in [-0.3, -0.25) is 0 Å². The van der Waals surface area contributed by atoms with E-state index in [2.05, 4.69) is 29.3 Å². The van der Waals surface area contributed by atoms with Crippen LogP contribution < -0.4 is 10.2 Å². The molecule has 2 rings (SSSR count). The van der Waals surface area contributed by atoms with Crippen molar-refractivity contribution in [2.75, 3.05) is 24.5 Å². The highest BCUT2D eigenvalue weighted by Gasteiger charge is 2.18. The first-order chi connectivity index (χ1) is 7.79. The molecule has 2 nitrogen and oxygen atoms in total. The van der Waals surface area contributed by atoms with E-state index < -0.39 is 0 Å². The molecule has 0 amide bonds. The number of benzene rings is 1. The van der Waals surface area contributed by atoms with E-state index >= 15 is 0 Å². The zero-order chi connectivity index (χ0) is 11.4. The maximum atomic E-state index is 6.00. The van der Waals surface area contributed by atoms with Gasteiger partial charge in [0, 0.05) is 29.8 Å². The second kappa shape index (κ2) is 5.55. The third-order valence-electron chi connectivity index (χ3n) is 3.16. The summed E-state index contributed by atoms with van der Waals surface area (Å²) in [5.41, 5.74) is 1.25. The van der Waals surface area contributed by atoms with E-state index in [4.69, 9.17) is 11.6 Å². The van der Waals surface area contributed by atoms with Gasteiger partial charge in [-0.25, -0.2) is 0 Å². The molecule has 88 valence electrons. The van der Waals surface area contributed by atoms with Crippen molar-refractivity contribution in [2.45, 2.75) is 25.8 Å². The molecule has 0 aromatic heterocycles. The molecule has 0 unspecified atom stereocenters. The van der Waals surface area contributed by atoms with Crippen LogP contribution in [0.3, 0.4) is 0 Å². The van der Waals surface area contributed by atoms with Gasteiger partial charge in [0.1, 0.15) is 0 Å². The summed E-state index contributed by atoms with van der Waals surface area (Å²) in [5, 5.41) is 4.34. The molecule has 0 spiro atoms. The third kappa shape index (κ3) is 2.89. The van der Waals surface area contributed by atoms with Crippen molar-refractivity contribution in [1.29, 1.82) is 0 Å². The molecule has 16 heavy (non-hydrogen) atoms. The Labute approximate surface area is 103 Å². The quantitative estimate of drug-likeness (QED) is 0.871. The number of hydrogen-bond acceptors (Lipinski definition) is 2. The largest absolute Gasteiger partial charge is 0.371 e. The van der Waals surface area contributed by atoms with Crippen LogP contribution in [0.15, 0.2) is 24.3 Å². The summed E-state index contributed by atoms with van der Waals surface area (Å²) in [5.74, 6) is 0. The predicted octanol–water partition coefficient (Wildman–Crippen LogP) is 2.92. The average molecular weight is 239 g/mol. The Bertz CT molecular complexity index is 332. The molecule has 1 aliphatic rings. The fraction of sp³-hybridized carbons (Fsp3) is 0.538. The van der Waals surface area contributed by atoms with E-state index in [0.29, 0.717) is 6.04 Å². The van der Waals surface area contributed by atoms with Gasteiger partial charge in [-0.05, 0) is 37.6 Å². The van der Waals surface area contributed by atoms with Crippen LogP contribution >= 0.6 is 11.6 Å². The van der Waals surface area contributed by atoms with Gasteiger partial charge in [-0.1, -0.05) is 24.6 Å². The maximum Gasteiger partial charge on any atom is 0.0426 e. The smallest absolute Gasteiger partial charge is 0.0426 e. The van der Waals surface area contributed by atoms with E-state index in [1.54, 1.807) is 0 Å². The number of nitrogens with zero attached hydrogens (tertiary/aromatic N) is 1. The number of halogens is 1. The van der Waals surface area contributed by atoms with Crippen LogP contribution in [0.1, 0.15) is 19.8 Å². The fourth-order valence-corrected chi connectivity index (χ4v) is 2.49. The second-order valence-electron chi connectivity index (χ2n) is 4.30. The molecule has 3 heteroatoms. The molecule has 1 saturated heterocycles. The van der Waals surface area contributed by atoms with Gasteiger partial charge in [-0.15, -0.1) is 0 Å². The zero-order valence-electron chi connectivity index (χ0n) is 9.75. The Kier molecular flexibility index (Phi) is 4.08. The lowest BCUT2D eigenvalue weighted by molar-refractivity contribution is 0.424. The minimum absolute atomic E-state index is 0.695. The topological polar surface area (TPSA) is 15.3 Å². The van der Waals surface area contributed by atoms with Crippen molar-refractivity contribution in [2.24, 2.45) is 0 Å². The van der Waals surface area contributed by atoms with Gasteiger partial charge in [-0.2, -0.15) is 0 Å². The molecular weight excluding hydrogens is 220 g/mol. The van der Waals surface area contributed by atoms with Crippen LogP contribution in [0.5, 0.6) is 0 Å². The van der Waals surface area contributed by atoms with Crippen LogP contribution in [0, 0.1) is 0 Å². The van der Waals surface area contributed by atoms with E-state index in [9.17, 15) is 0 Å². The molecule has 1 aromatic rings. The molecule has 1 heterocycles. The molecule has 1 fully saturated rings. The van der Waals surface area contributed by atoms with E-state index in [1.807, 2.05) is 12.1 Å². The Morgan fingerprint density at radius 3 is 2.75 bits per heavy atom. The summed E-state index contributed by atoms with van der Waals surface area (Å²) >= 11 is 6.00. The number of hydrogen-bond donors (Lipinski definition) is 1. The summed E-state index contributed by atoms with van der Waals surface area (Å²) < 4.78 is 0. The Morgan fingerprint density at radius 1 is 1.38 bits per heavy atom. The molecule has 1 aromatic carbocycles. The van der Waals surface area contributed by atoms with Crippen LogP contribution in [0.2, 0.25) is 5.02 Å². The number of nitrogens with one attached hydrogen (secondary N) is 1. The molecular formula is C13H19ClN2. The Morgan fingerprint density at radius 2 is 2.12 bits per heavy atom. The fourth-order valence-electron chi connectivity index (χ4n) is 2.30. The highest BCUT2D eigenvalue weighted by molar-refractivity contribution is 6.30. The lowest BCUT2D eigenvalue weighted by atomic mass is 10.0. The molecule has 1 aliphatic heterocycles. The molecule has 0 radical (unpaired) electrons. The lowest BCUT2D eigenvalue weighted by Gasteiger charge is -2.34. The summed E-state index contributed by atoms with van der Waals surface area (Å²) in [4.78, 5) is 2.42. The molecule has 0 atom stereocenters. The van der Waals surface area contributed by atoms with E-state index in [1.165, 1.54) is 18.5 Å². The van der Waals surface area contributed by atoms with Crippen molar-refractivity contribution in [1.82, 2.24) is 5.32 Å². The van der Waals surface area contributed by atoms with Crippen LogP contribution in [-0.2, 0) is 0 Å². The Balaban J connectivity index is 1.94. The molecule has 1 N–H and O–H groups in total. The summed E-state index contributed by atoms with van der Waals surface area (Å²) in [7, 11) is 0. The molecule has 0 aliphatic carbocycles.